The van der Waals surface area contributed by atoms with Crippen LogP contribution < -0.4 is 20.9 Å². The average Bonchev–Trinajstić information content (AvgIpc) is 3.55. The van der Waals surface area contributed by atoms with Crippen LogP contribution in [0.3, 0.4) is 0 Å². The van der Waals surface area contributed by atoms with Crippen LogP contribution in [0.1, 0.15) is 117 Å². The zero-order valence-corrected chi connectivity index (χ0v) is 34.0. The number of ether oxygens (including phenoxy) is 1. The van der Waals surface area contributed by atoms with Crippen LogP contribution in [0.5, 0.6) is 0 Å². The fourth-order valence-corrected chi connectivity index (χ4v) is 7.35. The van der Waals surface area contributed by atoms with E-state index in [4.69, 9.17) is 9.84 Å². The van der Waals surface area contributed by atoms with Crippen LogP contribution in [0.2, 0.25) is 0 Å². The summed E-state index contributed by atoms with van der Waals surface area (Å²) in [6.07, 6.45) is 3.00. The van der Waals surface area contributed by atoms with Gasteiger partial charge in [-0.15, -0.1) is 0 Å². The molecule has 300 valence electrons. The number of aromatic nitrogens is 2. The standard InChI is InChI=1S/C42H62N8O5/c1-28(2)50-38-29(3)26-49(33-15-11-31(12-16-33)40(53)47(7)8)27-36(38)37(46-50)39(52)43-25-30-9-13-32(14-10-30)45-41(54)48-22-18-35(19-23-48)55-34(20-24-51)17-21-44-42(4,5)6/h9-16,28-29,34-35,44,51H,17-27H2,1-8H3,(H,43,52)(H,45,54). The highest BCUT2D eigenvalue weighted by Gasteiger charge is 2.33. The first-order valence-electron chi connectivity index (χ1n) is 19.8. The lowest BCUT2D eigenvalue weighted by Gasteiger charge is -2.34. The summed E-state index contributed by atoms with van der Waals surface area (Å²) < 4.78 is 8.34. The van der Waals surface area contributed by atoms with Crippen molar-refractivity contribution < 1.29 is 24.2 Å². The number of aliphatic hydroxyl groups excluding tert-OH is 1. The first-order valence-corrected chi connectivity index (χ1v) is 19.8. The van der Waals surface area contributed by atoms with Crippen molar-refractivity contribution in [1.82, 2.24) is 30.2 Å². The van der Waals surface area contributed by atoms with Crippen LogP contribution >= 0.6 is 0 Å². The van der Waals surface area contributed by atoms with E-state index in [-0.39, 0.29) is 54.2 Å². The van der Waals surface area contributed by atoms with Crippen LogP contribution in [-0.4, -0.2) is 107 Å². The Morgan fingerprint density at radius 3 is 2.27 bits per heavy atom. The molecule has 5 rings (SSSR count). The van der Waals surface area contributed by atoms with Crippen molar-refractivity contribution in [3.63, 3.8) is 0 Å². The number of piperidine rings is 1. The Morgan fingerprint density at radius 2 is 1.67 bits per heavy atom. The smallest absolute Gasteiger partial charge is 0.321 e. The molecule has 2 atom stereocenters. The topological polar surface area (TPSA) is 144 Å². The van der Waals surface area contributed by atoms with E-state index in [9.17, 15) is 19.5 Å². The predicted molar refractivity (Wildman–Crippen MR) is 217 cm³/mol. The monoisotopic (exact) mass is 758 g/mol. The van der Waals surface area contributed by atoms with E-state index < -0.39 is 0 Å². The number of likely N-dealkylation sites (tertiary alicyclic amines) is 1. The Kier molecular flexibility index (Phi) is 14.0. The van der Waals surface area contributed by atoms with Crippen molar-refractivity contribution in [1.29, 1.82) is 0 Å². The van der Waals surface area contributed by atoms with Gasteiger partial charge in [-0.05, 0) is 109 Å². The zero-order chi connectivity index (χ0) is 39.9. The molecule has 1 aromatic heterocycles. The molecule has 0 radical (unpaired) electrons. The summed E-state index contributed by atoms with van der Waals surface area (Å²) >= 11 is 0. The summed E-state index contributed by atoms with van der Waals surface area (Å²) in [5.41, 5.74) is 5.68. The van der Waals surface area contributed by atoms with Crippen LogP contribution in [0.4, 0.5) is 16.2 Å². The molecule has 0 spiro atoms. The fourth-order valence-electron chi connectivity index (χ4n) is 7.35. The van der Waals surface area contributed by atoms with Crippen LogP contribution in [0.15, 0.2) is 48.5 Å². The van der Waals surface area contributed by atoms with Gasteiger partial charge in [0.1, 0.15) is 0 Å². The summed E-state index contributed by atoms with van der Waals surface area (Å²) in [6.45, 7) is 16.5. The van der Waals surface area contributed by atoms with Crippen molar-refractivity contribution in [2.45, 2.75) is 110 Å². The Balaban J connectivity index is 1.14. The lowest BCUT2D eigenvalue weighted by Crippen LogP contribution is -2.44. The van der Waals surface area contributed by atoms with Crippen LogP contribution in [-0.2, 0) is 17.8 Å². The molecule has 3 heterocycles. The Bertz CT molecular complexity index is 1740. The molecule has 0 saturated carbocycles. The first-order chi connectivity index (χ1) is 26.1. The SMILES string of the molecule is CC1CN(c2ccc(C(=O)N(C)C)cc2)Cc2c(C(=O)NCc3ccc(NC(=O)N4CCC(OC(CCO)CCNC(C)(C)C)CC4)cc3)nn(C(C)C)c21. The van der Waals surface area contributed by atoms with Crippen molar-refractivity contribution >= 4 is 29.2 Å². The summed E-state index contributed by atoms with van der Waals surface area (Å²) in [5, 5.41) is 23.9. The van der Waals surface area contributed by atoms with Gasteiger partial charge >= 0.3 is 6.03 Å². The summed E-state index contributed by atoms with van der Waals surface area (Å²) in [5.74, 6) is -0.133. The van der Waals surface area contributed by atoms with Gasteiger partial charge in [-0.3, -0.25) is 14.3 Å². The Labute approximate surface area is 326 Å². The van der Waals surface area contributed by atoms with Gasteiger partial charge in [0, 0.05) is 99.1 Å². The number of rotatable bonds is 14. The molecule has 3 aromatic rings. The highest BCUT2D eigenvalue weighted by atomic mass is 16.5. The van der Waals surface area contributed by atoms with E-state index in [1.54, 1.807) is 19.0 Å². The van der Waals surface area contributed by atoms with Crippen LogP contribution in [0, 0.1) is 0 Å². The van der Waals surface area contributed by atoms with Gasteiger partial charge in [0.15, 0.2) is 5.69 Å². The number of hydrogen-bond acceptors (Lipinski definition) is 8. The van der Waals surface area contributed by atoms with Gasteiger partial charge in [0.25, 0.3) is 11.8 Å². The number of nitrogens with zero attached hydrogens (tertiary/aromatic N) is 5. The summed E-state index contributed by atoms with van der Waals surface area (Å²) in [6, 6.07) is 15.1. The van der Waals surface area contributed by atoms with E-state index in [1.807, 2.05) is 58.1 Å². The lowest BCUT2D eigenvalue weighted by atomic mass is 9.95. The quantitative estimate of drug-likeness (QED) is 0.163. The maximum absolute atomic E-state index is 13.7. The third-order valence-corrected chi connectivity index (χ3v) is 10.3. The normalized spacial score (nSPS) is 16.9. The third-order valence-electron chi connectivity index (χ3n) is 10.3. The van der Waals surface area contributed by atoms with Gasteiger partial charge in [-0.25, -0.2) is 4.79 Å². The van der Waals surface area contributed by atoms with E-state index in [0.717, 1.165) is 54.9 Å². The van der Waals surface area contributed by atoms with E-state index in [2.05, 4.69) is 62.4 Å². The second-order valence-electron chi connectivity index (χ2n) is 16.5. The minimum Gasteiger partial charge on any atom is -0.396 e. The molecule has 4 N–H and O–H groups in total. The molecule has 1 fully saturated rings. The maximum atomic E-state index is 13.7. The van der Waals surface area contributed by atoms with E-state index in [0.29, 0.717) is 49.5 Å². The minimum absolute atomic E-state index is 0.0121. The molecular weight excluding hydrogens is 697 g/mol. The van der Waals surface area contributed by atoms with E-state index >= 15 is 0 Å². The molecule has 0 bridgehead atoms. The second kappa shape index (κ2) is 18.4. The van der Waals surface area contributed by atoms with Crippen molar-refractivity contribution in [3.05, 3.63) is 76.6 Å². The molecule has 2 aromatic carbocycles. The van der Waals surface area contributed by atoms with Gasteiger partial charge in [0.2, 0.25) is 0 Å². The summed E-state index contributed by atoms with van der Waals surface area (Å²) in [7, 11) is 3.48. The molecule has 55 heavy (non-hydrogen) atoms. The molecule has 4 amide bonds. The fraction of sp³-hybridized carbons (Fsp3) is 0.571. The number of fused-ring (bicyclic) bond motifs is 1. The number of hydrogen-bond donors (Lipinski definition) is 4. The Hall–Kier alpha value is -4.46. The minimum atomic E-state index is -0.231. The number of carbonyl (C=O) groups is 3. The number of nitrogens with one attached hydrogen (secondary N) is 3. The average molecular weight is 759 g/mol. The molecule has 13 heteroatoms. The number of anilines is 2. The number of benzene rings is 2. The molecule has 2 aliphatic rings. The molecule has 0 aliphatic carbocycles. The van der Waals surface area contributed by atoms with Gasteiger partial charge in [-0.1, -0.05) is 19.1 Å². The maximum Gasteiger partial charge on any atom is 0.321 e. The number of amides is 4. The van der Waals surface area contributed by atoms with Crippen molar-refractivity contribution in [2.24, 2.45) is 0 Å². The number of urea groups is 1. The third kappa shape index (κ3) is 11.1. The Morgan fingerprint density at radius 1 is 1.00 bits per heavy atom. The molecule has 2 unspecified atom stereocenters. The molecule has 13 nitrogen and oxygen atoms in total. The molecular formula is C42H62N8O5. The first kappa shape index (κ1) is 41.7. The highest BCUT2D eigenvalue weighted by Crippen LogP contribution is 2.35. The van der Waals surface area contributed by atoms with Crippen LogP contribution in [0.25, 0.3) is 0 Å². The van der Waals surface area contributed by atoms with Gasteiger partial charge in [-0.2, -0.15) is 5.10 Å². The zero-order valence-electron chi connectivity index (χ0n) is 34.0. The second-order valence-corrected chi connectivity index (χ2v) is 16.5. The van der Waals surface area contributed by atoms with E-state index in [1.165, 1.54) is 0 Å². The van der Waals surface area contributed by atoms with Gasteiger partial charge < -0.3 is 40.5 Å². The summed E-state index contributed by atoms with van der Waals surface area (Å²) in [4.78, 5) is 44.9. The predicted octanol–water partition coefficient (Wildman–Crippen LogP) is 5.76. The largest absolute Gasteiger partial charge is 0.396 e. The lowest BCUT2D eigenvalue weighted by molar-refractivity contribution is -0.0486. The number of aliphatic hydroxyl groups is 1. The van der Waals surface area contributed by atoms with Gasteiger partial charge in [0.05, 0.1) is 12.2 Å². The molecule has 1 saturated heterocycles. The van der Waals surface area contributed by atoms with Crippen molar-refractivity contribution in [2.75, 3.05) is 57.1 Å². The molecule has 2 aliphatic heterocycles. The van der Waals surface area contributed by atoms with Crippen molar-refractivity contribution in [3.8, 4) is 0 Å². The number of carbonyl (C=O) groups excluding carboxylic acids is 3. The highest BCUT2D eigenvalue weighted by molar-refractivity contribution is 5.95.